The summed E-state index contributed by atoms with van der Waals surface area (Å²) in [7, 11) is -3.81. The van der Waals surface area contributed by atoms with E-state index in [2.05, 4.69) is 9.93 Å². The molecule has 0 aliphatic carbocycles. The predicted molar refractivity (Wildman–Crippen MR) is 121 cm³/mol. The lowest BCUT2D eigenvalue weighted by Crippen LogP contribution is -2.25. The van der Waals surface area contributed by atoms with Gasteiger partial charge in [-0.25, -0.2) is 0 Å². The van der Waals surface area contributed by atoms with Gasteiger partial charge in [0.25, 0.3) is 10.0 Å². The Morgan fingerprint density at radius 2 is 1.60 bits per heavy atom. The zero-order chi connectivity index (χ0) is 21.3. The fourth-order valence-corrected chi connectivity index (χ4v) is 4.30. The molecule has 0 amide bonds. The molecule has 0 aliphatic rings. The largest absolute Gasteiger partial charge is 0.276 e. The third-order valence-corrected chi connectivity index (χ3v) is 6.34. The molecule has 7 heteroatoms. The minimum atomic E-state index is -3.81. The van der Waals surface area contributed by atoms with E-state index in [-0.39, 0.29) is 4.90 Å². The van der Waals surface area contributed by atoms with Crippen molar-refractivity contribution in [3.8, 4) is 22.5 Å². The Morgan fingerprint density at radius 3 is 2.30 bits per heavy atom. The maximum Gasteiger partial charge on any atom is 0.276 e. The van der Waals surface area contributed by atoms with Crippen LogP contribution in [-0.2, 0) is 10.0 Å². The molecule has 0 saturated heterocycles. The molecule has 0 saturated carbocycles. The lowest BCUT2D eigenvalue weighted by Gasteiger charge is -2.11. The van der Waals surface area contributed by atoms with Crippen LogP contribution >= 0.6 is 11.6 Å². The van der Waals surface area contributed by atoms with Crippen LogP contribution in [-0.4, -0.2) is 18.3 Å². The molecule has 0 radical (unpaired) electrons. The van der Waals surface area contributed by atoms with Crippen LogP contribution in [0.3, 0.4) is 0 Å². The lowest BCUT2D eigenvalue weighted by atomic mass is 10.0. The molecule has 1 N–H and O–H groups in total. The number of aryl methyl sites for hydroxylation is 2. The number of benzene rings is 3. The third kappa shape index (κ3) is 4.10. The highest BCUT2D eigenvalue weighted by Gasteiger charge is 2.19. The molecule has 5 nitrogen and oxygen atoms in total. The second kappa shape index (κ2) is 7.97. The van der Waals surface area contributed by atoms with Gasteiger partial charge in [0.2, 0.25) is 0 Å². The van der Waals surface area contributed by atoms with Crippen LogP contribution in [0.25, 0.3) is 22.5 Å². The maximum absolute atomic E-state index is 12.9. The number of halogens is 1. The van der Waals surface area contributed by atoms with Gasteiger partial charge in [0.15, 0.2) is 0 Å². The molecule has 4 aromatic rings. The van der Waals surface area contributed by atoms with Gasteiger partial charge in [-0.15, -0.1) is 0 Å². The van der Waals surface area contributed by atoms with Crippen molar-refractivity contribution in [2.75, 3.05) is 4.83 Å². The van der Waals surface area contributed by atoms with E-state index in [4.69, 9.17) is 11.6 Å². The minimum absolute atomic E-state index is 0.163. The summed E-state index contributed by atoms with van der Waals surface area (Å²) < 4.78 is 25.8. The van der Waals surface area contributed by atoms with Gasteiger partial charge in [-0.2, -0.15) is 23.1 Å². The molecular weight excluding hydrogens is 418 g/mol. The van der Waals surface area contributed by atoms with Crippen molar-refractivity contribution < 1.29 is 8.42 Å². The van der Waals surface area contributed by atoms with E-state index in [1.165, 1.54) is 4.79 Å². The van der Waals surface area contributed by atoms with Gasteiger partial charge in [-0.1, -0.05) is 59.6 Å². The molecule has 0 fully saturated rings. The normalized spacial score (nSPS) is 11.4. The van der Waals surface area contributed by atoms with Gasteiger partial charge in [0.05, 0.1) is 16.3 Å². The van der Waals surface area contributed by atoms with Crippen molar-refractivity contribution in [1.82, 2.24) is 9.89 Å². The number of rotatable bonds is 5. The molecule has 0 spiro atoms. The summed E-state index contributed by atoms with van der Waals surface area (Å²) in [6.07, 6.45) is 0. The van der Waals surface area contributed by atoms with Gasteiger partial charge in [0.1, 0.15) is 0 Å². The van der Waals surface area contributed by atoms with Gasteiger partial charge in [-0.3, -0.25) is 0 Å². The molecule has 0 unspecified atom stereocenters. The first-order valence-corrected chi connectivity index (χ1v) is 11.2. The zero-order valence-electron chi connectivity index (χ0n) is 16.5. The summed E-state index contributed by atoms with van der Waals surface area (Å²) >= 11 is 6.03. The van der Waals surface area contributed by atoms with Gasteiger partial charge < -0.3 is 0 Å². The summed E-state index contributed by atoms with van der Waals surface area (Å²) in [6.45, 7) is 4.02. The average molecular weight is 438 g/mol. The Hall–Kier alpha value is -3.09. The highest BCUT2D eigenvalue weighted by atomic mass is 35.5. The monoisotopic (exact) mass is 437 g/mol. The Labute approximate surface area is 181 Å². The minimum Gasteiger partial charge on any atom is -0.200 e. The van der Waals surface area contributed by atoms with Gasteiger partial charge in [-0.05, 0) is 55.8 Å². The maximum atomic E-state index is 12.9. The fraction of sp³-hybridized carbons (Fsp3) is 0.0870. The van der Waals surface area contributed by atoms with Crippen LogP contribution in [0.5, 0.6) is 0 Å². The van der Waals surface area contributed by atoms with Crippen molar-refractivity contribution in [3.63, 3.8) is 0 Å². The summed E-state index contributed by atoms with van der Waals surface area (Å²) in [5.74, 6) is 0. The number of nitrogens with one attached hydrogen (secondary N) is 1. The van der Waals surface area contributed by atoms with Crippen molar-refractivity contribution in [1.29, 1.82) is 0 Å². The highest BCUT2D eigenvalue weighted by molar-refractivity contribution is 7.92. The Bertz CT molecular complexity index is 1300. The average Bonchev–Trinajstić information content (AvgIpc) is 3.14. The molecule has 3 aromatic carbocycles. The zero-order valence-corrected chi connectivity index (χ0v) is 18.1. The topological polar surface area (TPSA) is 64.0 Å². The van der Waals surface area contributed by atoms with E-state index in [9.17, 15) is 8.42 Å². The van der Waals surface area contributed by atoms with Crippen LogP contribution < -0.4 is 4.83 Å². The molecule has 0 aliphatic heterocycles. The number of hydrogen-bond donors (Lipinski definition) is 1. The standard InChI is InChI=1S/C23H20ClN3O2S/c1-16-8-9-17(2)21(14-16)22-15-23(18-10-12-19(24)13-11-18)27(25-22)26-30(28,29)20-6-4-3-5-7-20/h3-15,26H,1-2H3. The quantitative estimate of drug-likeness (QED) is 0.453. The SMILES string of the molecule is Cc1ccc(C)c(-c2cc(-c3ccc(Cl)cc3)n(NS(=O)(=O)c3ccccc3)n2)c1. The number of nitrogens with zero attached hydrogens (tertiary/aromatic N) is 2. The van der Waals surface area contributed by atoms with E-state index in [1.54, 1.807) is 42.5 Å². The van der Waals surface area contributed by atoms with Crippen molar-refractivity contribution >= 4 is 21.6 Å². The smallest absolute Gasteiger partial charge is 0.200 e. The highest BCUT2D eigenvalue weighted by Crippen LogP contribution is 2.29. The van der Waals surface area contributed by atoms with E-state index < -0.39 is 10.0 Å². The summed E-state index contributed by atoms with van der Waals surface area (Å²) in [4.78, 5) is 4.06. The number of sulfonamides is 1. The first kappa shape index (κ1) is 20.2. The molecular formula is C23H20ClN3O2S. The van der Waals surface area contributed by atoms with E-state index in [0.29, 0.717) is 16.4 Å². The van der Waals surface area contributed by atoms with Crippen LogP contribution in [0.15, 0.2) is 83.8 Å². The predicted octanol–water partition coefficient (Wildman–Crippen LogP) is 5.42. The van der Waals surface area contributed by atoms with E-state index >= 15 is 0 Å². The van der Waals surface area contributed by atoms with Crippen LogP contribution in [0.2, 0.25) is 5.02 Å². The molecule has 0 atom stereocenters. The fourth-order valence-electron chi connectivity index (χ4n) is 3.19. The van der Waals surface area contributed by atoms with Gasteiger partial charge >= 0.3 is 0 Å². The molecule has 1 aromatic heterocycles. The Kier molecular flexibility index (Phi) is 5.37. The molecule has 0 bridgehead atoms. The summed E-state index contributed by atoms with van der Waals surface area (Å²) in [5, 5.41) is 5.19. The second-order valence-corrected chi connectivity index (χ2v) is 9.16. The number of hydrogen-bond acceptors (Lipinski definition) is 3. The summed E-state index contributed by atoms with van der Waals surface area (Å²) in [6, 6.07) is 23.4. The van der Waals surface area contributed by atoms with Crippen molar-refractivity contribution in [2.45, 2.75) is 18.7 Å². The van der Waals surface area contributed by atoms with Crippen LogP contribution in [0.1, 0.15) is 11.1 Å². The first-order valence-electron chi connectivity index (χ1n) is 9.35. The molecule has 1 heterocycles. The van der Waals surface area contributed by atoms with E-state index in [1.807, 2.05) is 50.2 Å². The third-order valence-electron chi connectivity index (χ3n) is 4.78. The molecule has 152 valence electrons. The molecule has 30 heavy (non-hydrogen) atoms. The summed E-state index contributed by atoms with van der Waals surface area (Å²) in [5.41, 5.74) is 5.18. The van der Waals surface area contributed by atoms with Crippen molar-refractivity contribution in [2.24, 2.45) is 0 Å². The Morgan fingerprint density at radius 1 is 0.900 bits per heavy atom. The van der Waals surface area contributed by atoms with Crippen LogP contribution in [0, 0.1) is 13.8 Å². The molecule has 4 rings (SSSR count). The van der Waals surface area contributed by atoms with Gasteiger partial charge in [0, 0.05) is 16.1 Å². The lowest BCUT2D eigenvalue weighted by molar-refractivity contribution is 0.592. The first-order chi connectivity index (χ1) is 14.3. The van der Waals surface area contributed by atoms with E-state index in [0.717, 1.165) is 22.3 Å². The number of aromatic nitrogens is 2. The van der Waals surface area contributed by atoms with Crippen molar-refractivity contribution in [3.05, 3.63) is 95.0 Å². The van der Waals surface area contributed by atoms with Crippen LogP contribution in [0.4, 0.5) is 0 Å². The second-order valence-electron chi connectivity index (χ2n) is 7.06. The Balaban J connectivity index is 1.85.